The van der Waals surface area contributed by atoms with Gasteiger partial charge in [-0.2, -0.15) is 0 Å². The number of hydrogen-bond acceptors (Lipinski definition) is 3. The lowest BCUT2D eigenvalue weighted by Gasteiger charge is -2.43. The van der Waals surface area contributed by atoms with Crippen molar-refractivity contribution in [1.82, 2.24) is 5.32 Å². The minimum atomic E-state index is -0.0245. The molecule has 0 radical (unpaired) electrons. The molecule has 1 fully saturated rings. The summed E-state index contributed by atoms with van der Waals surface area (Å²) < 4.78 is 11.7. The van der Waals surface area contributed by atoms with Crippen molar-refractivity contribution < 1.29 is 9.47 Å². The van der Waals surface area contributed by atoms with E-state index in [2.05, 4.69) is 25.7 Å². The minimum Gasteiger partial charge on any atom is -0.381 e. The summed E-state index contributed by atoms with van der Waals surface area (Å²) in [6.45, 7) is 11.6. The van der Waals surface area contributed by atoms with Gasteiger partial charge in [-0.3, -0.25) is 0 Å². The van der Waals surface area contributed by atoms with Gasteiger partial charge >= 0.3 is 0 Å². The Hall–Kier alpha value is -0.380. The highest BCUT2D eigenvalue weighted by molar-refractivity contribution is 4.95. The standard InChI is InChI=1S/C16H31NO2/c1-4-7-8-9-15(17-12-5-2)16(19-6-3)10-13-18-14-11-16/h4,15,17H,1,5-14H2,2-3H3. The van der Waals surface area contributed by atoms with Gasteiger partial charge in [-0.25, -0.2) is 0 Å². The molecule has 0 saturated carbocycles. The van der Waals surface area contributed by atoms with Crippen LogP contribution in [-0.4, -0.2) is 38.0 Å². The number of allylic oxidation sites excluding steroid dienone is 1. The molecule has 19 heavy (non-hydrogen) atoms. The van der Waals surface area contributed by atoms with E-state index in [-0.39, 0.29) is 5.60 Å². The van der Waals surface area contributed by atoms with Crippen LogP contribution < -0.4 is 5.32 Å². The predicted molar refractivity (Wildman–Crippen MR) is 80.5 cm³/mol. The molecule has 3 heteroatoms. The van der Waals surface area contributed by atoms with E-state index in [1.165, 1.54) is 6.42 Å². The number of unbranched alkanes of at least 4 members (excludes halogenated alkanes) is 1. The predicted octanol–water partition coefficient (Wildman–Crippen LogP) is 3.30. The van der Waals surface area contributed by atoms with E-state index in [9.17, 15) is 0 Å². The molecule has 1 aliphatic rings. The smallest absolute Gasteiger partial charge is 0.0878 e. The summed E-state index contributed by atoms with van der Waals surface area (Å²) in [5, 5.41) is 3.71. The monoisotopic (exact) mass is 269 g/mol. The molecule has 3 nitrogen and oxygen atoms in total. The highest BCUT2D eigenvalue weighted by Crippen LogP contribution is 2.31. The van der Waals surface area contributed by atoms with Gasteiger partial charge in [0.2, 0.25) is 0 Å². The topological polar surface area (TPSA) is 30.5 Å². The van der Waals surface area contributed by atoms with Gasteiger partial charge in [0.25, 0.3) is 0 Å². The van der Waals surface area contributed by atoms with Crippen LogP contribution in [0.25, 0.3) is 0 Å². The van der Waals surface area contributed by atoms with Crippen molar-refractivity contribution >= 4 is 0 Å². The molecule has 0 bridgehead atoms. The highest BCUT2D eigenvalue weighted by atomic mass is 16.5. The largest absolute Gasteiger partial charge is 0.381 e. The molecule has 1 rings (SSSR count). The Labute approximate surface area is 118 Å². The molecule has 0 aromatic heterocycles. The van der Waals surface area contributed by atoms with Gasteiger partial charge in [0, 0.05) is 38.7 Å². The molecule has 1 atom stereocenters. The summed E-state index contributed by atoms with van der Waals surface area (Å²) >= 11 is 0. The number of rotatable bonds is 10. The van der Waals surface area contributed by atoms with Crippen LogP contribution in [0.3, 0.4) is 0 Å². The van der Waals surface area contributed by atoms with Crippen LogP contribution >= 0.6 is 0 Å². The van der Waals surface area contributed by atoms with Crippen LogP contribution in [0.2, 0.25) is 0 Å². The quantitative estimate of drug-likeness (QED) is 0.487. The van der Waals surface area contributed by atoms with Gasteiger partial charge in [-0.1, -0.05) is 13.0 Å². The fourth-order valence-corrected chi connectivity index (χ4v) is 2.93. The van der Waals surface area contributed by atoms with Crippen molar-refractivity contribution in [3.8, 4) is 0 Å². The van der Waals surface area contributed by atoms with Crippen LogP contribution in [0.4, 0.5) is 0 Å². The van der Waals surface area contributed by atoms with Gasteiger partial charge in [0.1, 0.15) is 0 Å². The summed E-state index contributed by atoms with van der Waals surface area (Å²) in [5.74, 6) is 0. The minimum absolute atomic E-state index is 0.0245. The molecular formula is C16H31NO2. The highest BCUT2D eigenvalue weighted by Gasteiger charge is 2.40. The maximum atomic E-state index is 6.19. The Balaban J connectivity index is 2.66. The lowest BCUT2D eigenvalue weighted by atomic mass is 9.83. The van der Waals surface area contributed by atoms with E-state index in [1.807, 2.05) is 6.08 Å². The first-order chi connectivity index (χ1) is 9.29. The van der Waals surface area contributed by atoms with Crippen molar-refractivity contribution in [2.75, 3.05) is 26.4 Å². The molecule has 0 aliphatic carbocycles. The van der Waals surface area contributed by atoms with E-state index in [4.69, 9.17) is 9.47 Å². The molecule has 1 aliphatic heterocycles. The molecule has 0 amide bonds. The van der Waals surface area contributed by atoms with Gasteiger partial charge in [0.05, 0.1) is 5.60 Å². The molecule has 1 heterocycles. The maximum absolute atomic E-state index is 6.19. The molecule has 1 N–H and O–H groups in total. The zero-order valence-electron chi connectivity index (χ0n) is 12.7. The number of nitrogens with one attached hydrogen (secondary N) is 1. The Morgan fingerprint density at radius 2 is 2.11 bits per heavy atom. The Morgan fingerprint density at radius 3 is 2.68 bits per heavy atom. The average Bonchev–Trinajstić information content (AvgIpc) is 2.44. The molecule has 1 unspecified atom stereocenters. The summed E-state index contributed by atoms with van der Waals surface area (Å²) in [6.07, 6.45) is 8.62. The van der Waals surface area contributed by atoms with E-state index >= 15 is 0 Å². The van der Waals surface area contributed by atoms with Crippen molar-refractivity contribution in [2.45, 2.75) is 64.0 Å². The first-order valence-electron chi connectivity index (χ1n) is 7.85. The van der Waals surface area contributed by atoms with Crippen LogP contribution in [-0.2, 0) is 9.47 Å². The summed E-state index contributed by atoms with van der Waals surface area (Å²) in [4.78, 5) is 0. The second kappa shape index (κ2) is 9.51. The Bertz CT molecular complexity index is 231. The second-order valence-electron chi connectivity index (χ2n) is 5.34. The zero-order chi connectivity index (χ0) is 14.0. The summed E-state index contributed by atoms with van der Waals surface area (Å²) in [6, 6.07) is 0.441. The lowest BCUT2D eigenvalue weighted by molar-refractivity contribution is -0.128. The van der Waals surface area contributed by atoms with Gasteiger partial charge in [-0.05, 0) is 39.2 Å². The van der Waals surface area contributed by atoms with E-state index in [0.29, 0.717) is 6.04 Å². The molecule has 1 saturated heterocycles. The third-order valence-electron chi connectivity index (χ3n) is 3.95. The van der Waals surface area contributed by atoms with Crippen LogP contribution in [0.15, 0.2) is 12.7 Å². The Morgan fingerprint density at radius 1 is 1.37 bits per heavy atom. The van der Waals surface area contributed by atoms with Gasteiger partial charge < -0.3 is 14.8 Å². The van der Waals surface area contributed by atoms with E-state index in [1.54, 1.807) is 0 Å². The normalized spacial score (nSPS) is 20.1. The zero-order valence-corrected chi connectivity index (χ0v) is 12.7. The third-order valence-corrected chi connectivity index (χ3v) is 3.95. The first-order valence-corrected chi connectivity index (χ1v) is 7.85. The number of hydrogen-bond donors (Lipinski definition) is 1. The third kappa shape index (κ3) is 5.25. The molecule has 0 spiro atoms. The van der Waals surface area contributed by atoms with Crippen LogP contribution in [0.1, 0.15) is 52.4 Å². The second-order valence-corrected chi connectivity index (χ2v) is 5.34. The SMILES string of the molecule is C=CCCCC(NCCC)C1(OCC)CCOCC1. The van der Waals surface area contributed by atoms with Crippen LogP contribution in [0, 0.1) is 0 Å². The summed E-state index contributed by atoms with van der Waals surface area (Å²) in [7, 11) is 0. The Kier molecular flexibility index (Phi) is 8.35. The maximum Gasteiger partial charge on any atom is 0.0878 e. The van der Waals surface area contributed by atoms with E-state index < -0.39 is 0 Å². The van der Waals surface area contributed by atoms with Crippen LogP contribution in [0.5, 0.6) is 0 Å². The molecule has 0 aromatic carbocycles. The number of ether oxygens (including phenoxy) is 2. The van der Waals surface area contributed by atoms with Gasteiger partial charge in [-0.15, -0.1) is 6.58 Å². The molecular weight excluding hydrogens is 238 g/mol. The fourth-order valence-electron chi connectivity index (χ4n) is 2.93. The molecule has 0 aromatic rings. The average molecular weight is 269 g/mol. The summed E-state index contributed by atoms with van der Waals surface area (Å²) in [5.41, 5.74) is -0.0245. The molecule has 112 valence electrons. The van der Waals surface area contributed by atoms with E-state index in [0.717, 1.165) is 58.5 Å². The lowest BCUT2D eigenvalue weighted by Crippen LogP contribution is -2.55. The van der Waals surface area contributed by atoms with Crippen molar-refractivity contribution in [2.24, 2.45) is 0 Å². The van der Waals surface area contributed by atoms with Crippen molar-refractivity contribution in [3.05, 3.63) is 12.7 Å². The van der Waals surface area contributed by atoms with Gasteiger partial charge in [0.15, 0.2) is 0 Å². The van der Waals surface area contributed by atoms with Crippen molar-refractivity contribution in [3.63, 3.8) is 0 Å². The first kappa shape index (κ1) is 16.7. The fraction of sp³-hybridized carbons (Fsp3) is 0.875. The van der Waals surface area contributed by atoms with Crippen molar-refractivity contribution in [1.29, 1.82) is 0 Å².